The molecule has 1 unspecified atom stereocenters. The fourth-order valence-corrected chi connectivity index (χ4v) is 1.41. The monoisotopic (exact) mass is 217 g/mol. The van der Waals surface area contributed by atoms with Crippen LogP contribution in [-0.2, 0) is 11.2 Å². The average Bonchev–Trinajstić information content (AvgIpc) is 2.17. The minimum atomic E-state index is -0.0895. The van der Waals surface area contributed by atoms with Crippen molar-refractivity contribution in [3.05, 3.63) is 29.8 Å². The summed E-state index contributed by atoms with van der Waals surface area (Å²) in [6.07, 6.45) is 5.92. The Balaban J connectivity index is 2.49. The molecule has 2 N–H and O–H groups in total. The molecule has 0 heterocycles. The zero-order valence-corrected chi connectivity index (χ0v) is 9.23. The van der Waals surface area contributed by atoms with Gasteiger partial charge in [-0.3, -0.25) is 4.79 Å². The average molecular weight is 217 g/mol. The Labute approximate surface area is 95.5 Å². The SMILES string of the molecule is C#CCC(C)NC(=O)Cc1cccc(O)c1. The first-order valence-corrected chi connectivity index (χ1v) is 5.12. The molecule has 16 heavy (non-hydrogen) atoms. The molecule has 0 aliphatic carbocycles. The Kier molecular flexibility index (Phi) is 4.41. The number of phenols is 1. The number of hydrogen-bond acceptors (Lipinski definition) is 2. The van der Waals surface area contributed by atoms with Crippen LogP contribution in [0.5, 0.6) is 5.75 Å². The molecule has 0 saturated carbocycles. The number of terminal acetylenes is 1. The van der Waals surface area contributed by atoms with Crippen LogP contribution in [0.2, 0.25) is 0 Å². The molecule has 0 aliphatic rings. The Bertz CT molecular complexity index is 407. The highest BCUT2D eigenvalue weighted by Gasteiger charge is 2.07. The number of amides is 1. The smallest absolute Gasteiger partial charge is 0.224 e. The van der Waals surface area contributed by atoms with Crippen LogP contribution in [0.25, 0.3) is 0 Å². The summed E-state index contributed by atoms with van der Waals surface area (Å²) in [5, 5.41) is 12.0. The quantitative estimate of drug-likeness (QED) is 0.750. The lowest BCUT2D eigenvalue weighted by atomic mass is 10.1. The lowest BCUT2D eigenvalue weighted by Crippen LogP contribution is -2.33. The van der Waals surface area contributed by atoms with Crippen LogP contribution in [0, 0.1) is 12.3 Å². The van der Waals surface area contributed by atoms with Crippen LogP contribution in [0.15, 0.2) is 24.3 Å². The number of carbonyl (C=O) groups excluding carboxylic acids is 1. The van der Waals surface area contributed by atoms with Gasteiger partial charge in [-0.25, -0.2) is 0 Å². The maximum absolute atomic E-state index is 11.5. The third-order valence-corrected chi connectivity index (χ3v) is 2.11. The molecule has 84 valence electrons. The highest BCUT2D eigenvalue weighted by Crippen LogP contribution is 2.11. The minimum Gasteiger partial charge on any atom is -0.508 e. The van der Waals surface area contributed by atoms with E-state index in [2.05, 4.69) is 11.2 Å². The molecule has 1 aromatic carbocycles. The summed E-state index contributed by atoms with van der Waals surface area (Å²) in [7, 11) is 0. The van der Waals surface area contributed by atoms with E-state index in [1.807, 2.05) is 6.92 Å². The standard InChI is InChI=1S/C13H15NO2/c1-3-5-10(2)14-13(16)9-11-6-4-7-12(15)8-11/h1,4,6-8,10,15H,5,9H2,2H3,(H,14,16). The summed E-state index contributed by atoms with van der Waals surface area (Å²) >= 11 is 0. The van der Waals surface area contributed by atoms with Gasteiger partial charge in [0.2, 0.25) is 5.91 Å². The van der Waals surface area contributed by atoms with Gasteiger partial charge in [-0.2, -0.15) is 0 Å². The highest BCUT2D eigenvalue weighted by atomic mass is 16.3. The van der Waals surface area contributed by atoms with Crippen LogP contribution >= 0.6 is 0 Å². The van der Waals surface area contributed by atoms with E-state index in [1.54, 1.807) is 24.3 Å². The predicted molar refractivity (Wildman–Crippen MR) is 62.9 cm³/mol. The third-order valence-electron chi connectivity index (χ3n) is 2.11. The van der Waals surface area contributed by atoms with E-state index in [4.69, 9.17) is 6.42 Å². The lowest BCUT2D eigenvalue weighted by Gasteiger charge is -2.10. The maximum atomic E-state index is 11.5. The molecule has 1 aromatic rings. The molecule has 0 bridgehead atoms. The Morgan fingerprint density at radius 3 is 3.00 bits per heavy atom. The molecule has 0 fully saturated rings. The third kappa shape index (κ3) is 4.05. The van der Waals surface area contributed by atoms with Gasteiger partial charge in [-0.15, -0.1) is 12.3 Å². The molecule has 3 nitrogen and oxygen atoms in total. The van der Waals surface area contributed by atoms with Crippen molar-refractivity contribution in [3.63, 3.8) is 0 Å². The molecule has 1 amide bonds. The Morgan fingerprint density at radius 2 is 2.38 bits per heavy atom. The van der Waals surface area contributed by atoms with Crippen LogP contribution in [0.1, 0.15) is 18.9 Å². The van der Waals surface area contributed by atoms with E-state index >= 15 is 0 Å². The van der Waals surface area contributed by atoms with Crippen LogP contribution in [0.3, 0.4) is 0 Å². The number of nitrogens with one attached hydrogen (secondary N) is 1. The molecule has 1 rings (SSSR count). The summed E-state index contributed by atoms with van der Waals surface area (Å²) in [5.74, 6) is 2.57. The minimum absolute atomic E-state index is 0.0187. The first-order chi connectivity index (χ1) is 7.61. The molecule has 0 aliphatic heterocycles. The largest absolute Gasteiger partial charge is 0.508 e. The molecular weight excluding hydrogens is 202 g/mol. The number of benzene rings is 1. The van der Waals surface area contributed by atoms with Gasteiger partial charge >= 0.3 is 0 Å². The summed E-state index contributed by atoms with van der Waals surface area (Å²) < 4.78 is 0. The van der Waals surface area contributed by atoms with Crippen molar-refractivity contribution in [2.45, 2.75) is 25.8 Å². The number of rotatable bonds is 4. The van der Waals surface area contributed by atoms with Gasteiger partial charge < -0.3 is 10.4 Å². The molecule has 0 spiro atoms. The first-order valence-electron chi connectivity index (χ1n) is 5.12. The topological polar surface area (TPSA) is 49.3 Å². The van der Waals surface area contributed by atoms with E-state index in [-0.39, 0.29) is 24.1 Å². The van der Waals surface area contributed by atoms with Gasteiger partial charge in [-0.1, -0.05) is 12.1 Å². The van der Waals surface area contributed by atoms with E-state index in [9.17, 15) is 9.90 Å². The van der Waals surface area contributed by atoms with Gasteiger partial charge in [0.05, 0.1) is 6.42 Å². The lowest BCUT2D eigenvalue weighted by molar-refractivity contribution is -0.121. The highest BCUT2D eigenvalue weighted by molar-refractivity contribution is 5.78. The molecule has 0 radical (unpaired) electrons. The van der Waals surface area contributed by atoms with Gasteiger partial charge in [0.25, 0.3) is 0 Å². The number of aromatic hydroxyl groups is 1. The summed E-state index contributed by atoms with van der Waals surface area (Å²) in [4.78, 5) is 11.5. The molecule has 0 aromatic heterocycles. The van der Waals surface area contributed by atoms with Gasteiger partial charge in [0.15, 0.2) is 0 Å². The summed E-state index contributed by atoms with van der Waals surface area (Å²) in [6, 6.07) is 6.64. The maximum Gasteiger partial charge on any atom is 0.224 e. The Hall–Kier alpha value is -1.95. The van der Waals surface area contributed by atoms with Crippen molar-refractivity contribution in [2.75, 3.05) is 0 Å². The van der Waals surface area contributed by atoms with E-state index in [0.29, 0.717) is 6.42 Å². The second kappa shape index (κ2) is 5.82. The van der Waals surface area contributed by atoms with Crippen molar-refractivity contribution >= 4 is 5.91 Å². The van der Waals surface area contributed by atoms with Gasteiger partial charge in [-0.05, 0) is 24.6 Å². The van der Waals surface area contributed by atoms with Crippen LogP contribution in [-0.4, -0.2) is 17.1 Å². The zero-order valence-electron chi connectivity index (χ0n) is 9.23. The van der Waals surface area contributed by atoms with Crippen molar-refractivity contribution in [3.8, 4) is 18.1 Å². The predicted octanol–water partition coefficient (Wildman–Crippen LogP) is 1.46. The summed E-state index contributed by atoms with van der Waals surface area (Å²) in [6.45, 7) is 1.86. The fraction of sp³-hybridized carbons (Fsp3) is 0.308. The first kappa shape index (κ1) is 12.1. The summed E-state index contributed by atoms with van der Waals surface area (Å²) in [5.41, 5.74) is 0.783. The van der Waals surface area contributed by atoms with Crippen molar-refractivity contribution in [1.29, 1.82) is 0 Å². The van der Waals surface area contributed by atoms with Crippen molar-refractivity contribution < 1.29 is 9.90 Å². The van der Waals surface area contributed by atoms with Gasteiger partial charge in [0.1, 0.15) is 5.75 Å². The number of phenolic OH excluding ortho intramolecular Hbond substituents is 1. The van der Waals surface area contributed by atoms with Crippen LogP contribution in [0.4, 0.5) is 0 Å². The fourth-order valence-electron chi connectivity index (χ4n) is 1.41. The molecule has 1 atom stereocenters. The normalized spacial score (nSPS) is 11.5. The molecular formula is C13H15NO2. The second-order valence-electron chi connectivity index (χ2n) is 3.72. The van der Waals surface area contributed by atoms with Crippen molar-refractivity contribution in [2.24, 2.45) is 0 Å². The van der Waals surface area contributed by atoms with E-state index in [0.717, 1.165) is 5.56 Å². The van der Waals surface area contributed by atoms with E-state index < -0.39 is 0 Å². The van der Waals surface area contributed by atoms with Crippen molar-refractivity contribution in [1.82, 2.24) is 5.32 Å². The Morgan fingerprint density at radius 1 is 1.62 bits per heavy atom. The molecule has 0 saturated heterocycles. The van der Waals surface area contributed by atoms with Gasteiger partial charge in [0, 0.05) is 12.5 Å². The van der Waals surface area contributed by atoms with Crippen LogP contribution < -0.4 is 5.32 Å². The zero-order chi connectivity index (χ0) is 12.0. The van der Waals surface area contributed by atoms with E-state index in [1.165, 1.54) is 0 Å². The number of hydrogen-bond donors (Lipinski definition) is 2. The number of carbonyl (C=O) groups is 1. The second-order valence-corrected chi connectivity index (χ2v) is 3.72. The molecule has 3 heteroatoms.